The Morgan fingerprint density at radius 2 is 2.19 bits per heavy atom. The Labute approximate surface area is 135 Å². The molecule has 21 heavy (non-hydrogen) atoms. The lowest BCUT2D eigenvalue weighted by molar-refractivity contribution is 0.327. The molecule has 0 radical (unpaired) electrons. The Bertz CT molecular complexity index is 592. The second kappa shape index (κ2) is 7.07. The maximum atomic E-state index is 12.6. The third-order valence-corrected chi connectivity index (χ3v) is 5.68. The molecule has 2 rings (SSSR count). The number of halogens is 1. The van der Waals surface area contributed by atoms with E-state index in [1.165, 1.54) is 6.42 Å². The van der Waals surface area contributed by atoms with Gasteiger partial charge in [-0.25, -0.2) is 18.1 Å². The third kappa shape index (κ3) is 4.40. The van der Waals surface area contributed by atoms with Crippen molar-refractivity contribution < 1.29 is 8.42 Å². The number of pyridine rings is 1. The van der Waals surface area contributed by atoms with Gasteiger partial charge in [0, 0.05) is 23.3 Å². The Morgan fingerprint density at radius 1 is 1.43 bits per heavy atom. The highest BCUT2D eigenvalue weighted by Gasteiger charge is 2.27. The summed E-state index contributed by atoms with van der Waals surface area (Å²) in [4.78, 5) is 4.37. The second-order valence-electron chi connectivity index (χ2n) is 5.62. The summed E-state index contributed by atoms with van der Waals surface area (Å²) < 4.78 is 28.8. The molecule has 7 heteroatoms. The van der Waals surface area contributed by atoms with Crippen LogP contribution in [0.25, 0.3) is 0 Å². The first-order chi connectivity index (χ1) is 9.92. The van der Waals surface area contributed by atoms with Crippen LogP contribution in [-0.2, 0) is 10.0 Å². The zero-order valence-corrected chi connectivity index (χ0v) is 14.8. The van der Waals surface area contributed by atoms with Crippen LogP contribution in [0.2, 0.25) is 0 Å². The number of anilines is 1. The van der Waals surface area contributed by atoms with Gasteiger partial charge in [-0.1, -0.05) is 19.8 Å². The summed E-state index contributed by atoms with van der Waals surface area (Å²) in [7, 11) is -3.56. The molecule has 1 fully saturated rings. The minimum atomic E-state index is -3.56. The maximum absolute atomic E-state index is 12.6. The lowest BCUT2D eigenvalue weighted by Gasteiger charge is -2.27. The van der Waals surface area contributed by atoms with Crippen molar-refractivity contribution >= 4 is 31.8 Å². The fourth-order valence-electron chi connectivity index (χ4n) is 2.75. The molecule has 0 aliphatic heterocycles. The zero-order chi connectivity index (χ0) is 15.5. The van der Waals surface area contributed by atoms with Gasteiger partial charge in [-0.15, -0.1) is 0 Å². The number of aromatic nitrogens is 1. The Hall–Kier alpha value is -0.660. The van der Waals surface area contributed by atoms with Crippen LogP contribution >= 0.6 is 15.9 Å². The molecule has 1 aromatic rings. The number of sulfonamides is 1. The summed E-state index contributed by atoms with van der Waals surface area (Å²) in [5.41, 5.74) is 0. The van der Waals surface area contributed by atoms with E-state index in [1.54, 1.807) is 12.3 Å². The van der Waals surface area contributed by atoms with E-state index in [2.05, 4.69) is 37.9 Å². The highest BCUT2D eigenvalue weighted by Crippen LogP contribution is 2.27. The topological polar surface area (TPSA) is 71.1 Å². The van der Waals surface area contributed by atoms with Gasteiger partial charge in [-0.2, -0.15) is 0 Å². The van der Waals surface area contributed by atoms with E-state index in [4.69, 9.17) is 0 Å². The van der Waals surface area contributed by atoms with E-state index >= 15 is 0 Å². The third-order valence-electron chi connectivity index (χ3n) is 3.71. The molecule has 1 saturated carbocycles. The summed E-state index contributed by atoms with van der Waals surface area (Å²) in [6.45, 7) is 4.71. The molecule has 1 heterocycles. The summed E-state index contributed by atoms with van der Waals surface area (Å²) in [6.07, 6.45) is 5.66. The molecule has 1 aliphatic rings. The smallest absolute Gasteiger partial charge is 0.244 e. The Balaban J connectivity index is 2.24. The van der Waals surface area contributed by atoms with Crippen molar-refractivity contribution in [2.75, 3.05) is 11.9 Å². The van der Waals surface area contributed by atoms with Crippen LogP contribution < -0.4 is 10.0 Å². The number of rotatable bonds is 5. The van der Waals surface area contributed by atoms with E-state index in [9.17, 15) is 8.42 Å². The van der Waals surface area contributed by atoms with E-state index in [1.807, 2.05) is 6.92 Å². The molecule has 0 saturated heterocycles. The molecule has 1 aliphatic carbocycles. The van der Waals surface area contributed by atoms with Gasteiger partial charge in [-0.3, -0.25) is 0 Å². The quantitative estimate of drug-likeness (QED) is 0.828. The molecule has 0 aromatic carbocycles. The van der Waals surface area contributed by atoms with Crippen molar-refractivity contribution in [1.29, 1.82) is 0 Å². The van der Waals surface area contributed by atoms with Crippen LogP contribution in [0.1, 0.15) is 39.5 Å². The highest BCUT2D eigenvalue weighted by atomic mass is 79.9. The Kier molecular flexibility index (Phi) is 5.62. The van der Waals surface area contributed by atoms with Crippen LogP contribution in [0.5, 0.6) is 0 Å². The van der Waals surface area contributed by atoms with Crippen molar-refractivity contribution in [2.24, 2.45) is 5.92 Å². The first kappa shape index (κ1) is 16.7. The van der Waals surface area contributed by atoms with E-state index < -0.39 is 10.0 Å². The monoisotopic (exact) mass is 375 g/mol. The standard InChI is InChI=1S/C14H22BrN3O2S/c1-3-16-14-13(8-11(15)9-17-14)21(19,20)18-12-6-4-5-10(2)7-12/h8-10,12,18H,3-7H2,1-2H3,(H,16,17). The SMILES string of the molecule is CCNc1ncc(Br)cc1S(=O)(=O)NC1CCCC(C)C1. The normalized spacial score (nSPS) is 23.0. The van der Waals surface area contributed by atoms with Gasteiger partial charge in [0.25, 0.3) is 0 Å². The molecule has 0 spiro atoms. The molecule has 5 nitrogen and oxygen atoms in total. The van der Waals surface area contributed by atoms with Crippen LogP contribution in [-0.4, -0.2) is 26.0 Å². The summed E-state index contributed by atoms with van der Waals surface area (Å²) in [5.74, 6) is 0.970. The lowest BCUT2D eigenvalue weighted by Crippen LogP contribution is -2.38. The predicted octanol–water partition coefficient (Wildman–Crippen LogP) is 3.13. The average molecular weight is 376 g/mol. The van der Waals surface area contributed by atoms with Gasteiger partial charge in [0.05, 0.1) is 0 Å². The zero-order valence-electron chi connectivity index (χ0n) is 12.4. The van der Waals surface area contributed by atoms with Gasteiger partial charge in [-0.05, 0) is 47.7 Å². The van der Waals surface area contributed by atoms with Gasteiger partial charge in [0.1, 0.15) is 10.7 Å². The summed E-state index contributed by atoms with van der Waals surface area (Å²) in [5, 5.41) is 3.00. The van der Waals surface area contributed by atoms with E-state index in [0.717, 1.165) is 19.3 Å². The summed E-state index contributed by atoms with van der Waals surface area (Å²) >= 11 is 3.29. The minimum absolute atomic E-state index is 0.0206. The van der Waals surface area contributed by atoms with Crippen LogP contribution in [0.15, 0.2) is 21.6 Å². The van der Waals surface area contributed by atoms with Crippen LogP contribution in [0.3, 0.4) is 0 Å². The van der Waals surface area contributed by atoms with Crippen molar-refractivity contribution in [3.8, 4) is 0 Å². The molecule has 0 amide bonds. The molecule has 1 aromatic heterocycles. The van der Waals surface area contributed by atoms with Gasteiger partial charge < -0.3 is 5.32 Å². The minimum Gasteiger partial charge on any atom is -0.369 e. The molecular formula is C14H22BrN3O2S. The first-order valence-electron chi connectivity index (χ1n) is 7.34. The maximum Gasteiger partial charge on any atom is 0.244 e. The fraction of sp³-hybridized carbons (Fsp3) is 0.643. The number of nitrogens with one attached hydrogen (secondary N) is 2. The number of hydrogen-bond acceptors (Lipinski definition) is 4. The van der Waals surface area contributed by atoms with Gasteiger partial charge in [0.2, 0.25) is 10.0 Å². The second-order valence-corrected chi connectivity index (χ2v) is 8.22. The number of hydrogen-bond donors (Lipinski definition) is 2. The lowest BCUT2D eigenvalue weighted by atomic mass is 9.88. The van der Waals surface area contributed by atoms with Crippen molar-refractivity contribution in [3.63, 3.8) is 0 Å². The van der Waals surface area contributed by atoms with Gasteiger partial charge >= 0.3 is 0 Å². The Morgan fingerprint density at radius 3 is 2.86 bits per heavy atom. The van der Waals surface area contributed by atoms with E-state index in [-0.39, 0.29) is 10.9 Å². The largest absolute Gasteiger partial charge is 0.369 e. The highest BCUT2D eigenvalue weighted by molar-refractivity contribution is 9.10. The van der Waals surface area contributed by atoms with Crippen LogP contribution in [0, 0.1) is 5.92 Å². The molecule has 2 N–H and O–H groups in total. The molecule has 2 unspecified atom stereocenters. The van der Waals surface area contributed by atoms with E-state index in [0.29, 0.717) is 22.8 Å². The predicted molar refractivity (Wildman–Crippen MR) is 87.8 cm³/mol. The fourth-order valence-corrected chi connectivity index (χ4v) is 4.67. The first-order valence-corrected chi connectivity index (χ1v) is 9.61. The van der Waals surface area contributed by atoms with Crippen LogP contribution in [0.4, 0.5) is 5.82 Å². The van der Waals surface area contributed by atoms with Crippen molar-refractivity contribution in [3.05, 3.63) is 16.7 Å². The molecule has 0 bridgehead atoms. The van der Waals surface area contributed by atoms with Crippen molar-refractivity contribution in [2.45, 2.75) is 50.5 Å². The van der Waals surface area contributed by atoms with Crippen molar-refractivity contribution in [1.82, 2.24) is 9.71 Å². The average Bonchev–Trinajstić information content (AvgIpc) is 2.40. The molecule has 118 valence electrons. The van der Waals surface area contributed by atoms with Gasteiger partial charge in [0.15, 0.2) is 0 Å². The molecule has 2 atom stereocenters. The number of nitrogens with zero attached hydrogens (tertiary/aromatic N) is 1. The molecular weight excluding hydrogens is 354 g/mol. The summed E-state index contributed by atoms with van der Waals surface area (Å²) in [6, 6.07) is 1.62.